The van der Waals surface area contributed by atoms with Crippen LogP contribution in [0.1, 0.15) is 32.6 Å². The summed E-state index contributed by atoms with van der Waals surface area (Å²) in [6, 6.07) is 0.459. The average molecular weight is 270 g/mol. The number of rotatable bonds is 2. The first-order valence-electron chi connectivity index (χ1n) is 6.43. The van der Waals surface area contributed by atoms with Gasteiger partial charge < -0.3 is 9.80 Å². The zero-order valence-electron chi connectivity index (χ0n) is 11.2. The summed E-state index contributed by atoms with van der Waals surface area (Å²) in [6.45, 7) is 3.22. The van der Waals surface area contributed by atoms with E-state index in [2.05, 4.69) is 26.8 Å². The van der Waals surface area contributed by atoms with Crippen molar-refractivity contribution >= 4 is 23.5 Å². The van der Waals surface area contributed by atoms with E-state index in [-0.39, 0.29) is 5.28 Å². The van der Waals surface area contributed by atoms with Crippen molar-refractivity contribution < 1.29 is 0 Å². The summed E-state index contributed by atoms with van der Waals surface area (Å²) in [6.07, 6.45) is 4.92. The first-order chi connectivity index (χ1) is 8.58. The molecule has 0 bridgehead atoms. The van der Waals surface area contributed by atoms with E-state index < -0.39 is 0 Å². The molecule has 18 heavy (non-hydrogen) atoms. The second-order valence-corrected chi connectivity index (χ2v) is 5.33. The van der Waals surface area contributed by atoms with Crippen LogP contribution < -0.4 is 9.80 Å². The summed E-state index contributed by atoms with van der Waals surface area (Å²) >= 11 is 5.99. The Bertz CT molecular complexity index is 409. The summed E-state index contributed by atoms with van der Waals surface area (Å²) < 4.78 is 0. The number of halogens is 1. The van der Waals surface area contributed by atoms with Crippen LogP contribution in [0.4, 0.5) is 11.9 Å². The van der Waals surface area contributed by atoms with Crippen molar-refractivity contribution in [3.63, 3.8) is 0 Å². The molecule has 6 heteroatoms. The van der Waals surface area contributed by atoms with Crippen molar-refractivity contribution in [2.24, 2.45) is 0 Å². The molecule has 1 saturated heterocycles. The molecular weight excluding hydrogens is 250 g/mol. The highest BCUT2D eigenvalue weighted by molar-refractivity contribution is 6.28. The molecule has 0 spiro atoms. The van der Waals surface area contributed by atoms with Crippen LogP contribution in [-0.2, 0) is 0 Å². The molecule has 0 saturated carbocycles. The van der Waals surface area contributed by atoms with Crippen LogP contribution in [0.25, 0.3) is 0 Å². The van der Waals surface area contributed by atoms with Crippen molar-refractivity contribution in [1.29, 1.82) is 0 Å². The predicted octanol–water partition coefficient (Wildman–Crippen LogP) is 2.36. The lowest BCUT2D eigenvalue weighted by Crippen LogP contribution is -2.34. The fraction of sp³-hybridized carbons (Fsp3) is 0.750. The molecule has 0 aromatic carbocycles. The zero-order valence-corrected chi connectivity index (χ0v) is 12.0. The summed E-state index contributed by atoms with van der Waals surface area (Å²) in [5, 5.41) is 0.264. The molecule has 0 amide bonds. The smallest absolute Gasteiger partial charge is 0.231 e. The maximum atomic E-state index is 5.99. The Balaban J connectivity index is 2.30. The minimum absolute atomic E-state index is 0.264. The van der Waals surface area contributed by atoms with E-state index >= 15 is 0 Å². The van der Waals surface area contributed by atoms with Gasteiger partial charge in [-0.2, -0.15) is 15.0 Å². The Labute approximate surface area is 113 Å². The third kappa shape index (κ3) is 3.02. The van der Waals surface area contributed by atoms with Crippen LogP contribution in [0.2, 0.25) is 5.28 Å². The van der Waals surface area contributed by atoms with Crippen LogP contribution in [0, 0.1) is 0 Å². The van der Waals surface area contributed by atoms with E-state index in [0.717, 1.165) is 6.54 Å². The Hall–Kier alpha value is -1.10. The zero-order chi connectivity index (χ0) is 13.1. The second kappa shape index (κ2) is 5.69. The molecule has 1 atom stereocenters. The van der Waals surface area contributed by atoms with Crippen molar-refractivity contribution in [2.45, 2.75) is 38.6 Å². The van der Waals surface area contributed by atoms with Gasteiger partial charge in [-0.3, -0.25) is 0 Å². The summed E-state index contributed by atoms with van der Waals surface area (Å²) in [5.74, 6) is 1.31. The van der Waals surface area contributed by atoms with Crippen LogP contribution in [0.15, 0.2) is 0 Å². The lowest BCUT2D eigenvalue weighted by molar-refractivity contribution is 0.603. The third-order valence-corrected chi connectivity index (χ3v) is 3.46. The molecular formula is C12H20ClN5. The van der Waals surface area contributed by atoms with Gasteiger partial charge in [0.15, 0.2) is 0 Å². The van der Waals surface area contributed by atoms with Gasteiger partial charge >= 0.3 is 0 Å². The number of aromatic nitrogens is 3. The van der Waals surface area contributed by atoms with Crippen LogP contribution in [0.3, 0.4) is 0 Å². The summed E-state index contributed by atoms with van der Waals surface area (Å²) in [7, 11) is 3.81. The first-order valence-corrected chi connectivity index (χ1v) is 6.81. The van der Waals surface area contributed by atoms with Crippen molar-refractivity contribution in [3.8, 4) is 0 Å². The Kier molecular flexibility index (Phi) is 4.22. The normalized spacial score (nSPS) is 20.7. The molecule has 5 nitrogen and oxygen atoms in total. The molecule has 1 unspecified atom stereocenters. The minimum Gasteiger partial charge on any atom is -0.347 e. The standard InChI is InChI=1S/C12H20ClN5/c1-9-7-5-4-6-8-18(9)12-15-10(13)14-11(16-12)17(2)3/h9H,4-8H2,1-3H3. The van der Waals surface area contributed by atoms with Gasteiger partial charge in [0.2, 0.25) is 17.2 Å². The number of hydrogen-bond donors (Lipinski definition) is 0. The third-order valence-electron chi connectivity index (χ3n) is 3.29. The summed E-state index contributed by atoms with van der Waals surface area (Å²) in [5.41, 5.74) is 0. The maximum Gasteiger partial charge on any atom is 0.231 e. The van der Waals surface area contributed by atoms with Gasteiger partial charge in [-0.25, -0.2) is 0 Å². The quantitative estimate of drug-likeness (QED) is 0.825. The van der Waals surface area contributed by atoms with Crippen LogP contribution >= 0.6 is 11.6 Å². The van der Waals surface area contributed by atoms with Crippen molar-refractivity contribution in [1.82, 2.24) is 15.0 Å². The maximum absolute atomic E-state index is 5.99. The molecule has 2 heterocycles. The lowest BCUT2D eigenvalue weighted by atomic mass is 10.1. The molecule has 2 rings (SSSR count). The van der Waals surface area contributed by atoms with Gasteiger partial charge in [0.1, 0.15) is 0 Å². The Morgan fingerprint density at radius 1 is 1.17 bits per heavy atom. The van der Waals surface area contributed by atoms with E-state index in [4.69, 9.17) is 11.6 Å². The molecule has 1 aromatic rings. The topological polar surface area (TPSA) is 45.2 Å². The molecule has 100 valence electrons. The SMILES string of the molecule is CC1CCCCCN1c1nc(Cl)nc(N(C)C)n1. The number of hydrogen-bond acceptors (Lipinski definition) is 5. The molecule has 0 N–H and O–H groups in total. The Morgan fingerprint density at radius 2 is 1.94 bits per heavy atom. The van der Waals surface area contributed by atoms with Gasteiger partial charge in [0, 0.05) is 26.7 Å². The second-order valence-electron chi connectivity index (χ2n) is 4.99. The number of nitrogens with zero attached hydrogens (tertiary/aromatic N) is 5. The first kappa shape index (κ1) is 13.3. The fourth-order valence-electron chi connectivity index (χ4n) is 2.23. The highest BCUT2D eigenvalue weighted by Gasteiger charge is 2.21. The molecule has 1 aromatic heterocycles. The fourth-order valence-corrected chi connectivity index (χ4v) is 2.38. The Morgan fingerprint density at radius 3 is 2.67 bits per heavy atom. The van der Waals surface area contributed by atoms with Gasteiger partial charge in [0.25, 0.3) is 0 Å². The van der Waals surface area contributed by atoms with E-state index in [1.165, 1.54) is 25.7 Å². The molecule has 0 radical (unpaired) electrons. The van der Waals surface area contributed by atoms with Crippen molar-refractivity contribution in [3.05, 3.63) is 5.28 Å². The lowest BCUT2D eigenvalue weighted by Gasteiger charge is -2.27. The summed E-state index contributed by atoms with van der Waals surface area (Å²) in [4.78, 5) is 17.0. The predicted molar refractivity (Wildman–Crippen MR) is 74.4 cm³/mol. The van der Waals surface area contributed by atoms with Crippen molar-refractivity contribution in [2.75, 3.05) is 30.4 Å². The molecule has 0 aliphatic carbocycles. The molecule has 1 fully saturated rings. The van der Waals surface area contributed by atoms with Crippen LogP contribution in [-0.4, -0.2) is 41.6 Å². The monoisotopic (exact) mass is 269 g/mol. The van der Waals surface area contributed by atoms with E-state index in [1.54, 1.807) is 0 Å². The highest BCUT2D eigenvalue weighted by atomic mass is 35.5. The van der Waals surface area contributed by atoms with Crippen LogP contribution in [0.5, 0.6) is 0 Å². The van der Waals surface area contributed by atoms with Gasteiger partial charge in [-0.05, 0) is 31.4 Å². The minimum atomic E-state index is 0.264. The average Bonchev–Trinajstić information content (AvgIpc) is 2.53. The van der Waals surface area contributed by atoms with E-state index in [0.29, 0.717) is 17.9 Å². The molecule has 1 aliphatic heterocycles. The molecule has 1 aliphatic rings. The van der Waals surface area contributed by atoms with E-state index in [9.17, 15) is 0 Å². The van der Waals surface area contributed by atoms with Gasteiger partial charge in [-0.15, -0.1) is 0 Å². The number of anilines is 2. The largest absolute Gasteiger partial charge is 0.347 e. The van der Waals surface area contributed by atoms with E-state index in [1.807, 2.05) is 19.0 Å². The van der Waals surface area contributed by atoms with Gasteiger partial charge in [-0.1, -0.05) is 12.8 Å². The van der Waals surface area contributed by atoms with Gasteiger partial charge in [0.05, 0.1) is 0 Å². The highest BCUT2D eigenvalue weighted by Crippen LogP contribution is 2.23.